The fourth-order valence-electron chi connectivity index (χ4n) is 2.97. The molecule has 152 valence electrons. The van der Waals surface area contributed by atoms with E-state index in [0.29, 0.717) is 0 Å². The molecule has 7 N–H and O–H groups in total. The summed E-state index contributed by atoms with van der Waals surface area (Å²) in [5.74, 6) is -2.17. The van der Waals surface area contributed by atoms with Gasteiger partial charge in [0.15, 0.2) is 6.29 Å². The fourth-order valence-corrected chi connectivity index (χ4v) is 2.97. The van der Waals surface area contributed by atoms with Crippen LogP contribution < -0.4 is 0 Å². The van der Waals surface area contributed by atoms with Crippen molar-refractivity contribution in [1.82, 2.24) is 0 Å². The Morgan fingerprint density at radius 1 is 0.962 bits per heavy atom. The maximum atomic E-state index is 10.2. The maximum absolute atomic E-state index is 10.2. The lowest BCUT2D eigenvalue weighted by Gasteiger charge is -2.44. The molecule has 11 heteroatoms. The molecule has 0 amide bonds. The molecule has 2 rings (SSSR count). The van der Waals surface area contributed by atoms with Gasteiger partial charge in [0.2, 0.25) is 5.79 Å². The first kappa shape index (κ1) is 21.6. The Labute approximate surface area is 149 Å². The van der Waals surface area contributed by atoms with Gasteiger partial charge in [-0.25, -0.2) is 0 Å². The second-order valence-electron chi connectivity index (χ2n) is 6.16. The lowest BCUT2D eigenvalue weighted by molar-refractivity contribution is -0.386. The molecule has 9 atom stereocenters. The average molecular weight is 382 g/mol. The molecule has 2 saturated heterocycles. The third-order valence-electron chi connectivity index (χ3n) is 4.45. The zero-order valence-electron chi connectivity index (χ0n) is 14.0. The molecule has 9 unspecified atom stereocenters. The second kappa shape index (κ2) is 8.99. The Kier molecular flexibility index (Phi) is 7.47. The monoisotopic (exact) mass is 382 g/mol. The fraction of sp³-hybridized carbons (Fsp3) is 0.867. The topological polar surface area (TPSA) is 179 Å². The van der Waals surface area contributed by atoms with E-state index in [0.717, 1.165) is 0 Å². The number of aliphatic hydroxyl groups is 7. The van der Waals surface area contributed by atoms with E-state index in [1.165, 1.54) is 6.08 Å². The Balaban J connectivity index is 2.25. The van der Waals surface area contributed by atoms with Crippen LogP contribution in [0.3, 0.4) is 0 Å². The van der Waals surface area contributed by atoms with E-state index in [1.807, 2.05) is 0 Å². The third-order valence-corrected chi connectivity index (χ3v) is 4.45. The highest BCUT2D eigenvalue weighted by atomic mass is 16.8. The van der Waals surface area contributed by atoms with Crippen molar-refractivity contribution in [2.24, 2.45) is 0 Å². The molecular formula is C15H26O11. The minimum atomic E-state index is -2.17. The highest BCUT2D eigenvalue weighted by Crippen LogP contribution is 2.36. The van der Waals surface area contributed by atoms with Gasteiger partial charge in [0.1, 0.15) is 49.3 Å². The van der Waals surface area contributed by atoms with Crippen molar-refractivity contribution in [1.29, 1.82) is 0 Å². The number of hydrogen-bond donors (Lipinski definition) is 7. The molecule has 0 aromatic rings. The SMILES string of the molecule is C=CCOC1C(OC2(CO)OC(CO)C(O)C2O)OC(CO)C(O)C1O. The lowest BCUT2D eigenvalue weighted by Crippen LogP contribution is -2.63. The van der Waals surface area contributed by atoms with Gasteiger partial charge in [-0.15, -0.1) is 6.58 Å². The van der Waals surface area contributed by atoms with E-state index < -0.39 is 74.6 Å². The van der Waals surface area contributed by atoms with Gasteiger partial charge < -0.3 is 54.7 Å². The molecule has 0 aromatic heterocycles. The van der Waals surface area contributed by atoms with Crippen molar-refractivity contribution >= 4 is 0 Å². The van der Waals surface area contributed by atoms with Gasteiger partial charge in [0.05, 0.1) is 19.8 Å². The van der Waals surface area contributed by atoms with Gasteiger partial charge in [0.25, 0.3) is 0 Å². The quantitative estimate of drug-likeness (QED) is 0.202. The highest BCUT2D eigenvalue weighted by Gasteiger charge is 2.58. The van der Waals surface area contributed by atoms with Gasteiger partial charge >= 0.3 is 0 Å². The zero-order valence-corrected chi connectivity index (χ0v) is 14.0. The van der Waals surface area contributed by atoms with Crippen molar-refractivity contribution in [3.05, 3.63) is 12.7 Å². The van der Waals surface area contributed by atoms with Crippen LogP contribution >= 0.6 is 0 Å². The van der Waals surface area contributed by atoms with Crippen molar-refractivity contribution in [3.63, 3.8) is 0 Å². The molecule has 26 heavy (non-hydrogen) atoms. The molecule has 0 bridgehead atoms. The van der Waals surface area contributed by atoms with Crippen molar-refractivity contribution in [2.75, 3.05) is 26.4 Å². The third kappa shape index (κ3) is 3.93. The summed E-state index contributed by atoms with van der Waals surface area (Å²) in [4.78, 5) is 0. The van der Waals surface area contributed by atoms with Crippen molar-refractivity contribution < 1.29 is 54.7 Å². The predicted octanol–water partition coefficient (Wildman–Crippen LogP) is -4.19. The first-order chi connectivity index (χ1) is 12.3. The molecule has 2 heterocycles. The van der Waals surface area contributed by atoms with E-state index in [-0.39, 0.29) is 6.61 Å². The van der Waals surface area contributed by atoms with Crippen LogP contribution in [0.15, 0.2) is 12.7 Å². The summed E-state index contributed by atoms with van der Waals surface area (Å²) in [6, 6.07) is 0. The molecule has 2 aliphatic heterocycles. The average Bonchev–Trinajstić information content (AvgIpc) is 2.89. The predicted molar refractivity (Wildman–Crippen MR) is 82.6 cm³/mol. The standard InChI is InChI=1S/C15H26O11/c1-2-3-23-12-11(21)9(19)7(4-16)24-14(12)26-15(6-18)13(22)10(20)8(5-17)25-15/h2,7-14,16-22H,1,3-6H2. The first-order valence-corrected chi connectivity index (χ1v) is 8.13. The molecule has 0 saturated carbocycles. The summed E-state index contributed by atoms with van der Waals surface area (Å²) in [7, 11) is 0. The Bertz CT molecular complexity index is 463. The molecule has 0 radical (unpaired) electrons. The molecule has 2 fully saturated rings. The Hall–Kier alpha value is -0.700. The van der Waals surface area contributed by atoms with Crippen LogP contribution in [0.4, 0.5) is 0 Å². The zero-order chi connectivity index (χ0) is 19.5. The van der Waals surface area contributed by atoms with Crippen molar-refractivity contribution in [2.45, 2.75) is 54.8 Å². The molecule has 0 spiro atoms. The van der Waals surface area contributed by atoms with Crippen LogP contribution in [0.5, 0.6) is 0 Å². The van der Waals surface area contributed by atoms with Crippen LogP contribution in [0.2, 0.25) is 0 Å². The van der Waals surface area contributed by atoms with Gasteiger partial charge in [-0.05, 0) is 0 Å². The Morgan fingerprint density at radius 2 is 1.62 bits per heavy atom. The van der Waals surface area contributed by atoms with Crippen LogP contribution in [-0.4, -0.2) is 117 Å². The minimum absolute atomic E-state index is 0.0428. The number of rotatable bonds is 8. The summed E-state index contributed by atoms with van der Waals surface area (Å²) < 4.78 is 21.5. The molecule has 11 nitrogen and oxygen atoms in total. The van der Waals surface area contributed by atoms with Crippen molar-refractivity contribution in [3.8, 4) is 0 Å². The lowest BCUT2D eigenvalue weighted by atomic mass is 9.98. The summed E-state index contributed by atoms with van der Waals surface area (Å²) in [5.41, 5.74) is 0. The van der Waals surface area contributed by atoms with Crippen LogP contribution in [-0.2, 0) is 18.9 Å². The smallest absolute Gasteiger partial charge is 0.224 e. The van der Waals surface area contributed by atoms with Gasteiger partial charge in [-0.2, -0.15) is 0 Å². The van der Waals surface area contributed by atoms with E-state index >= 15 is 0 Å². The van der Waals surface area contributed by atoms with Gasteiger partial charge in [-0.1, -0.05) is 6.08 Å². The molecular weight excluding hydrogens is 356 g/mol. The minimum Gasteiger partial charge on any atom is -0.394 e. The van der Waals surface area contributed by atoms with E-state index in [4.69, 9.17) is 18.9 Å². The number of aliphatic hydroxyl groups excluding tert-OH is 7. The normalized spacial score (nSPS) is 46.4. The summed E-state index contributed by atoms with van der Waals surface area (Å²) in [6.07, 6.45) is -10.2. The van der Waals surface area contributed by atoms with Crippen LogP contribution in [0.1, 0.15) is 0 Å². The number of ether oxygens (including phenoxy) is 4. The van der Waals surface area contributed by atoms with Crippen LogP contribution in [0, 0.1) is 0 Å². The van der Waals surface area contributed by atoms with Gasteiger partial charge in [0, 0.05) is 0 Å². The summed E-state index contributed by atoms with van der Waals surface area (Å²) in [6.45, 7) is 1.21. The van der Waals surface area contributed by atoms with Gasteiger partial charge in [-0.3, -0.25) is 0 Å². The molecule has 0 aromatic carbocycles. The highest BCUT2D eigenvalue weighted by molar-refractivity contribution is 4.98. The van der Waals surface area contributed by atoms with E-state index in [2.05, 4.69) is 6.58 Å². The van der Waals surface area contributed by atoms with Crippen LogP contribution in [0.25, 0.3) is 0 Å². The second-order valence-corrected chi connectivity index (χ2v) is 6.16. The summed E-state index contributed by atoms with van der Waals surface area (Å²) >= 11 is 0. The maximum Gasteiger partial charge on any atom is 0.224 e. The number of hydrogen-bond acceptors (Lipinski definition) is 11. The largest absolute Gasteiger partial charge is 0.394 e. The van der Waals surface area contributed by atoms with E-state index in [9.17, 15) is 35.7 Å². The molecule has 2 aliphatic rings. The first-order valence-electron chi connectivity index (χ1n) is 8.13. The van der Waals surface area contributed by atoms with E-state index in [1.54, 1.807) is 0 Å². The molecule has 0 aliphatic carbocycles. The summed E-state index contributed by atoms with van der Waals surface area (Å²) in [5, 5.41) is 68.5. The Morgan fingerprint density at radius 3 is 2.12 bits per heavy atom.